The Balaban J connectivity index is 1.59. The molecule has 1 unspecified atom stereocenters. The molecule has 1 N–H and O–H groups in total. The molecule has 2 aromatic rings. The number of methoxy groups -OCH3 is 3. The predicted octanol–water partition coefficient (Wildman–Crippen LogP) is 3.54. The Morgan fingerprint density at radius 3 is 2.52 bits per heavy atom. The molecule has 0 saturated carbocycles. The molecule has 1 aromatic carbocycles. The van der Waals surface area contributed by atoms with Gasteiger partial charge in [-0.25, -0.2) is 8.42 Å². The first-order valence-corrected chi connectivity index (χ1v) is 13.0. The van der Waals surface area contributed by atoms with E-state index in [-0.39, 0.29) is 11.9 Å². The van der Waals surface area contributed by atoms with Gasteiger partial charge >= 0.3 is 0 Å². The van der Waals surface area contributed by atoms with Gasteiger partial charge in [-0.3, -0.25) is 4.79 Å². The standard InChI is InChI=1S/C23H30N2O6S2/c1-29-19-15-17(16-20(30-2)23(19)31-3)9-10-21(26)24-12-11-18-7-4-5-13-25(18)33(27,28)22-8-6-14-32-22/h6,8-10,14-16,18H,4-5,7,11-13H2,1-3H3,(H,24,26)/b10-9+. The number of amides is 1. The van der Waals surface area contributed by atoms with Gasteiger partial charge in [0.2, 0.25) is 11.7 Å². The lowest BCUT2D eigenvalue weighted by Crippen LogP contribution is -2.44. The van der Waals surface area contributed by atoms with Crippen LogP contribution in [0.2, 0.25) is 0 Å². The highest BCUT2D eigenvalue weighted by Gasteiger charge is 2.33. The summed E-state index contributed by atoms with van der Waals surface area (Å²) in [5.74, 6) is 1.23. The van der Waals surface area contributed by atoms with E-state index in [0.717, 1.165) is 24.8 Å². The number of carbonyl (C=O) groups is 1. The van der Waals surface area contributed by atoms with Crippen molar-refractivity contribution in [3.05, 3.63) is 41.3 Å². The SMILES string of the molecule is COc1cc(/C=C/C(=O)NCCC2CCCCN2S(=O)(=O)c2cccs2)cc(OC)c1OC. The minimum Gasteiger partial charge on any atom is -0.493 e. The third-order valence-corrected chi connectivity index (χ3v) is 8.85. The summed E-state index contributed by atoms with van der Waals surface area (Å²) >= 11 is 1.23. The average molecular weight is 495 g/mol. The molecule has 33 heavy (non-hydrogen) atoms. The molecule has 8 nitrogen and oxygen atoms in total. The number of benzene rings is 1. The number of ether oxygens (including phenoxy) is 3. The van der Waals surface area contributed by atoms with E-state index in [1.54, 1.807) is 40.0 Å². The van der Waals surface area contributed by atoms with Crippen LogP contribution in [0.25, 0.3) is 6.08 Å². The molecule has 180 valence electrons. The molecule has 3 rings (SSSR count). The van der Waals surface area contributed by atoms with Gasteiger partial charge in [0, 0.05) is 25.2 Å². The van der Waals surface area contributed by atoms with E-state index in [1.165, 1.54) is 38.7 Å². The summed E-state index contributed by atoms with van der Waals surface area (Å²) in [6, 6.07) is 6.77. The second kappa shape index (κ2) is 11.5. The fourth-order valence-corrected chi connectivity index (χ4v) is 6.74. The zero-order valence-electron chi connectivity index (χ0n) is 19.1. The maximum absolute atomic E-state index is 13.0. The Labute approximate surface area is 199 Å². The van der Waals surface area contributed by atoms with Crippen LogP contribution >= 0.6 is 11.3 Å². The summed E-state index contributed by atoms with van der Waals surface area (Å²) in [5.41, 5.74) is 0.722. The van der Waals surface area contributed by atoms with Gasteiger partial charge < -0.3 is 19.5 Å². The summed E-state index contributed by atoms with van der Waals surface area (Å²) in [6.45, 7) is 0.902. The van der Waals surface area contributed by atoms with Crippen molar-refractivity contribution in [3.63, 3.8) is 0 Å². The molecule has 10 heteroatoms. The summed E-state index contributed by atoms with van der Waals surface area (Å²) < 4.78 is 43.9. The number of nitrogens with one attached hydrogen (secondary N) is 1. The molecule has 0 radical (unpaired) electrons. The van der Waals surface area contributed by atoms with Crippen LogP contribution in [-0.2, 0) is 14.8 Å². The van der Waals surface area contributed by atoms with Gasteiger partial charge in [0.25, 0.3) is 10.0 Å². The number of hydrogen-bond acceptors (Lipinski definition) is 7. The first-order chi connectivity index (χ1) is 15.9. The zero-order valence-corrected chi connectivity index (χ0v) is 20.7. The Bertz CT molecular complexity index is 1040. The van der Waals surface area contributed by atoms with Gasteiger partial charge in [0.1, 0.15) is 4.21 Å². The molecular weight excluding hydrogens is 464 g/mol. The Kier molecular flexibility index (Phi) is 8.76. The van der Waals surface area contributed by atoms with Gasteiger partial charge in [-0.05, 0) is 54.5 Å². The van der Waals surface area contributed by atoms with Crippen molar-refractivity contribution in [3.8, 4) is 17.2 Å². The molecule has 2 heterocycles. The Hall–Kier alpha value is -2.56. The lowest BCUT2D eigenvalue weighted by Gasteiger charge is -2.34. The summed E-state index contributed by atoms with van der Waals surface area (Å²) in [4.78, 5) is 12.3. The van der Waals surface area contributed by atoms with Gasteiger partial charge in [0.15, 0.2) is 11.5 Å². The third-order valence-electron chi connectivity index (χ3n) is 5.52. The van der Waals surface area contributed by atoms with Crippen LogP contribution in [0.3, 0.4) is 0 Å². The lowest BCUT2D eigenvalue weighted by atomic mass is 10.0. The Morgan fingerprint density at radius 1 is 1.18 bits per heavy atom. The maximum Gasteiger partial charge on any atom is 0.252 e. The number of nitrogens with zero attached hydrogens (tertiary/aromatic N) is 1. The molecule has 0 bridgehead atoms. The fourth-order valence-electron chi connectivity index (χ4n) is 3.90. The van der Waals surface area contributed by atoms with Gasteiger partial charge in [0.05, 0.1) is 21.3 Å². The van der Waals surface area contributed by atoms with Crippen LogP contribution < -0.4 is 19.5 Å². The number of carbonyl (C=O) groups excluding carboxylic acids is 1. The molecule has 1 saturated heterocycles. The van der Waals surface area contributed by atoms with Gasteiger partial charge in [-0.1, -0.05) is 12.5 Å². The van der Waals surface area contributed by atoms with E-state index in [9.17, 15) is 13.2 Å². The molecule has 1 amide bonds. The number of thiophene rings is 1. The van der Waals surface area contributed by atoms with Crippen molar-refractivity contribution < 1.29 is 27.4 Å². The van der Waals surface area contributed by atoms with E-state index in [4.69, 9.17) is 14.2 Å². The molecule has 1 atom stereocenters. The monoisotopic (exact) mass is 494 g/mol. The van der Waals surface area contributed by atoms with Crippen molar-refractivity contribution >= 4 is 33.3 Å². The van der Waals surface area contributed by atoms with Crippen LogP contribution in [0.15, 0.2) is 39.9 Å². The maximum atomic E-state index is 13.0. The first kappa shape index (κ1) is 25.1. The minimum absolute atomic E-state index is 0.120. The highest BCUT2D eigenvalue weighted by molar-refractivity contribution is 7.91. The number of piperidine rings is 1. The Morgan fingerprint density at radius 2 is 1.91 bits per heavy atom. The van der Waals surface area contributed by atoms with Crippen molar-refractivity contribution in [2.75, 3.05) is 34.4 Å². The second-order valence-corrected chi connectivity index (χ2v) is 10.6. The van der Waals surface area contributed by atoms with E-state index in [0.29, 0.717) is 41.0 Å². The van der Waals surface area contributed by atoms with Crippen LogP contribution in [0.4, 0.5) is 0 Å². The van der Waals surface area contributed by atoms with E-state index in [1.807, 2.05) is 0 Å². The van der Waals surface area contributed by atoms with Crippen molar-refractivity contribution in [1.82, 2.24) is 9.62 Å². The number of rotatable bonds is 10. The molecular formula is C23H30N2O6S2. The van der Waals surface area contributed by atoms with E-state index >= 15 is 0 Å². The van der Waals surface area contributed by atoms with Crippen LogP contribution in [0, 0.1) is 0 Å². The normalized spacial score (nSPS) is 17.1. The molecule has 1 aliphatic rings. The minimum atomic E-state index is -3.49. The molecule has 1 aromatic heterocycles. The van der Waals surface area contributed by atoms with Gasteiger partial charge in [-0.15, -0.1) is 11.3 Å². The number of hydrogen-bond donors (Lipinski definition) is 1. The highest BCUT2D eigenvalue weighted by Crippen LogP contribution is 2.38. The second-order valence-electron chi connectivity index (χ2n) is 7.57. The van der Waals surface area contributed by atoms with Crippen molar-refractivity contribution in [2.45, 2.75) is 35.9 Å². The predicted molar refractivity (Wildman–Crippen MR) is 129 cm³/mol. The summed E-state index contributed by atoms with van der Waals surface area (Å²) in [6.07, 6.45) is 6.28. The topological polar surface area (TPSA) is 94.2 Å². The number of sulfonamides is 1. The molecule has 1 aliphatic heterocycles. The van der Waals surface area contributed by atoms with Crippen LogP contribution in [0.1, 0.15) is 31.2 Å². The van der Waals surface area contributed by atoms with E-state index < -0.39 is 10.0 Å². The van der Waals surface area contributed by atoms with Crippen LogP contribution in [-0.4, -0.2) is 59.1 Å². The summed E-state index contributed by atoms with van der Waals surface area (Å²) in [7, 11) is 1.10. The lowest BCUT2D eigenvalue weighted by molar-refractivity contribution is -0.116. The van der Waals surface area contributed by atoms with Crippen molar-refractivity contribution in [1.29, 1.82) is 0 Å². The fraction of sp³-hybridized carbons (Fsp3) is 0.435. The molecule has 0 aliphatic carbocycles. The zero-order chi connectivity index (χ0) is 23.8. The van der Waals surface area contributed by atoms with Gasteiger partial charge in [-0.2, -0.15) is 4.31 Å². The smallest absolute Gasteiger partial charge is 0.252 e. The highest BCUT2D eigenvalue weighted by atomic mass is 32.2. The first-order valence-electron chi connectivity index (χ1n) is 10.7. The third kappa shape index (κ3) is 6.07. The average Bonchev–Trinajstić information content (AvgIpc) is 3.38. The quantitative estimate of drug-likeness (QED) is 0.508. The molecule has 0 spiro atoms. The largest absolute Gasteiger partial charge is 0.493 e. The molecule has 1 fully saturated rings. The van der Waals surface area contributed by atoms with Crippen molar-refractivity contribution in [2.24, 2.45) is 0 Å². The van der Waals surface area contributed by atoms with E-state index in [2.05, 4.69) is 5.32 Å². The van der Waals surface area contributed by atoms with Crippen LogP contribution in [0.5, 0.6) is 17.2 Å². The summed E-state index contributed by atoms with van der Waals surface area (Å²) in [5, 5.41) is 4.63.